The zero-order valence-corrected chi connectivity index (χ0v) is 15.6. The van der Waals surface area contributed by atoms with E-state index in [0.717, 1.165) is 11.6 Å². The van der Waals surface area contributed by atoms with Gasteiger partial charge in [-0.3, -0.25) is 0 Å². The third-order valence-corrected chi connectivity index (χ3v) is 4.32. The van der Waals surface area contributed by atoms with Crippen molar-refractivity contribution in [2.24, 2.45) is 0 Å². The molecule has 0 bridgehead atoms. The van der Waals surface area contributed by atoms with Crippen LogP contribution in [0.15, 0.2) is 84.9 Å². The van der Waals surface area contributed by atoms with E-state index in [2.05, 4.69) is 5.10 Å². The molecule has 3 aromatic carbocycles. The number of halogens is 1. The molecular formula is C23H17FN2O3. The summed E-state index contributed by atoms with van der Waals surface area (Å²) in [5.41, 5.74) is 2.33. The molecule has 29 heavy (non-hydrogen) atoms. The summed E-state index contributed by atoms with van der Waals surface area (Å²) in [6.45, 7) is 0. The number of rotatable bonds is 5. The van der Waals surface area contributed by atoms with Gasteiger partial charge in [-0.25, -0.2) is 9.18 Å². The third kappa shape index (κ3) is 4.01. The summed E-state index contributed by atoms with van der Waals surface area (Å²) in [7, 11) is 1.59. The summed E-state index contributed by atoms with van der Waals surface area (Å²) in [5.74, 6) is -0.252. The second kappa shape index (κ2) is 7.98. The Balaban J connectivity index is 1.74. The van der Waals surface area contributed by atoms with Crippen molar-refractivity contribution in [1.29, 1.82) is 0 Å². The van der Waals surface area contributed by atoms with Gasteiger partial charge in [0.25, 0.3) is 0 Å². The Kier molecular flexibility index (Phi) is 5.07. The third-order valence-electron chi connectivity index (χ3n) is 4.32. The standard InChI is InChI=1S/C23H17FN2O3/c1-28-20-12-10-19(11-13-20)26-22(15-21(25-26)16-6-3-2-4-7-16)29-23(27)17-8-5-9-18(24)14-17/h2-15H,1H3. The van der Waals surface area contributed by atoms with Gasteiger partial charge in [-0.15, -0.1) is 0 Å². The summed E-state index contributed by atoms with van der Waals surface area (Å²) >= 11 is 0. The lowest BCUT2D eigenvalue weighted by Gasteiger charge is -2.08. The summed E-state index contributed by atoms with van der Waals surface area (Å²) < 4.78 is 25.8. The van der Waals surface area contributed by atoms with E-state index in [9.17, 15) is 9.18 Å². The zero-order chi connectivity index (χ0) is 20.2. The number of carbonyl (C=O) groups excluding carboxylic acids is 1. The first kappa shape index (κ1) is 18.4. The topological polar surface area (TPSA) is 53.4 Å². The van der Waals surface area contributed by atoms with Crippen molar-refractivity contribution in [1.82, 2.24) is 9.78 Å². The molecule has 6 heteroatoms. The van der Waals surface area contributed by atoms with Crippen LogP contribution in [0.3, 0.4) is 0 Å². The molecule has 1 aromatic heterocycles. The lowest BCUT2D eigenvalue weighted by Crippen LogP contribution is -2.12. The highest BCUT2D eigenvalue weighted by Crippen LogP contribution is 2.27. The van der Waals surface area contributed by atoms with Gasteiger partial charge in [-0.1, -0.05) is 36.4 Å². The van der Waals surface area contributed by atoms with Gasteiger partial charge in [0.05, 0.1) is 24.1 Å². The summed E-state index contributed by atoms with van der Waals surface area (Å²) in [5, 5.41) is 4.60. The molecular weight excluding hydrogens is 371 g/mol. The van der Waals surface area contributed by atoms with Crippen LogP contribution in [0, 0.1) is 5.82 Å². The molecule has 4 rings (SSSR count). The van der Waals surface area contributed by atoms with Crippen molar-refractivity contribution >= 4 is 5.97 Å². The quantitative estimate of drug-likeness (QED) is 0.456. The molecule has 0 N–H and O–H groups in total. The molecule has 0 aliphatic rings. The molecule has 0 radical (unpaired) electrons. The lowest BCUT2D eigenvalue weighted by molar-refractivity contribution is 0.0722. The number of methoxy groups -OCH3 is 1. The van der Waals surface area contributed by atoms with Crippen molar-refractivity contribution in [3.8, 4) is 28.6 Å². The number of aromatic nitrogens is 2. The SMILES string of the molecule is COc1ccc(-n2nc(-c3ccccc3)cc2OC(=O)c2cccc(F)c2)cc1. The van der Waals surface area contributed by atoms with E-state index in [1.807, 2.05) is 30.3 Å². The van der Waals surface area contributed by atoms with Crippen LogP contribution in [-0.2, 0) is 0 Å². The minimum absolute atomic E-state index is 0.119. The molecule has 4 aromatic rings. The van der Waals surface area contributed by atoms with Gasteiger partial charge in [0.1, 0.15) is 11.6 Å². The molecule has 0 amide bonds. The Bertz CT molecular complexity index is 1140. The first-order chi connectivity index (χ1) is 14.1. The second-order valence-corrected chi connectivity index (χ2v) is 6.24. The monoisotopic (exact) mass is 388 g/mol. The molecule has 0 aliphatic carbocycles. The number of nitrogens with zero attached hydrogens (tertiary/aromatic N) is 2. The molecule has 0 spiro atoms. The van der Waals surface area contributed by atoms with Gasteiger partial charge in [0.15, 0.2) is 0 Å². The number of hydrogen-bond donors (Lipinski definition) is 0. The number of esters is 1. The van der Waals surface area contributed by atoms with Crippen LogP contribution in [0.25, 0.3) is 16.9 Å². The van der Waals surface area contributed by atoms with E-state index >= 15 is 0 Å². The fourth-order valence-corrected chi connectivity index (χ4v) is 2.86. The summed E-state index contributed by atoms with van der Waals surface area (Å²) in [6, 6.07) is 23.8. The van der Waals surface area contributed by atoms with Crippen LogP contribution < -0.4 is 9.47 Å². The Labute approximate surface area is 166 Å². The first-order valence-corrected chi connectivity index (χ1v) is 8.92. The Morgan fingerprint density at radius 3 is 2.38 bits per heavy atom. The predicted molar refractivity (Wildman–Crippen MR) is 107 cm³/mol. The molecule has 0 saturated heterocycles. The highest BCUT2D eigenvalue weighted by Gasteiger charge is 2.17. The molecule has 0 saturated carbocycles. The Morgan fingerprint density at radius 2 is 1.69 bits per heavy atom. The molecule has 0 aliphatic heterocycles. The molecule has 1 heterocycles. The normalized spacial score (nSPS) is 10.6. The van der Waals surface area contributed by atoms with E-state index in [1.54, 1.807) is 37.4 Å². The van der Waals surface area contributed by atoms with Gasteiger partial charge < -0.3 is 9.47 Å². The van der Waals surface area contributed by atoms with Crippen LogP contribution in [-0.4, -0.2) is 22.9 Å². The molecule has 0 atom stereocenters. The van der Waals surface area contributed by atoms with Crippen LogP contribution in [0.2, 0.25) is 0 Å². The van der Waals surface area contributed by atoms with Gasteiger partial charge in [-0.2, -0.15) is 9.78 Å². The minimum Gasteiger partial charge on any atom is -0.497 e. The minimum atomic E-state index is -0.668. The maximum absolute atomic E-state index is 13.5. The van der Waals surface area contributed by atoms with Crippen LogP contribution in [0.1, 0.15) is 10.4 Å². The van der Waals surface area contributed by atoms with Crippen LogP contribution in [0.4, 0.5) is 4.39 Å². The predicted octanol–water partition coefficient (Wildman–Crippen LogP) is 4.91. The molecule has 144 valence electrons. The second-order valence-electron chi connectivity index (χ2n) is 6.24. The number of benzene rings is 3. The maximum atomic E-state index is 13.5. The number of hydrogen-bond acceptors (Lipinski definition) is 4. The average molecular weight is 388 g/mol. The van der Waals surface area contributed by atoms with Crippen LogP contribution in [0.5, 0.6) is 11.6 Å². The van der Waals surface area contributed by atoms with Gasteiger partial charge in [-0.05, 0) is 42.5 Å². The Hall–Kier alpha value is -3.93. The molecule has 0 fully saturated rings. The van der Waals surface area contributed by atoms with Crippen molar-refractivity contribution in [3.63, 3.8) is 0 Å². The molecule has 5 nitrogen and oxygen atoms in total. The zero-order valence-electron chi connectivity index (χ0n) is 15.6. The largest absolute Gasteiger partial charge is 0.497 e. The average Bonchev–Trinajstić information content (AvgIpc) is 3.18. The van der Waals surface area contributed by atoms with Gasteiger partial charge >= 0.3 is 5.97 Å². The fraction of sp³-hybridized carbons (Fsp3) is 0.0435. The van der Waals surface area contributed by atoms with Gasteiger partial charge in [0.2, 0.25) is 5.88 Å². The number of carbonyl (C=O) groups is 1. The number of ether oxygens (including phenoxy) is 2. The molecule has 0 unspecified atom stereocenters. The van der Waals surface area contributed by atoms with E-state index < -0.39 is 11.8 Å². The fourth-order valence-electron chi connectivity index (χ4n) is 2.86. The van der Waals surface area contributed by atoms with Gasteiger partial charge in [0, 0.05) is 11.6 Å². The van der Waals surface area contributed by atoms with E-state index in [0.29, 0.717) is 17.1 Å². The maximum Gasteiger partial charge on any atom is 0.344 e. The lowest BCUT2D eigenvalue weighted by atomic mass is 10.2. The van der Waals surface area contributed by atoms with Crippen LogP contribution >= 0.6 is 0 Å². The van der Waals surface area contributed by atoms with Crippen molar-refractivity contribution in [3.05, 3.63) is 96.3 Å². The first-order valence-electron chi connectivity index (χ1n) is 8.92. The van der Waals surface area contributed by atoms with Crippen molar-refractivity contribution in [2.45, 2.75) is 0 Å². The van der Waals surface area contributed by atoms with E-state index in [-0.39, 0.29) is 11.4 Å². The summed E-state index contributed by atoms with van der Waals surface area (Å²) in [6.07, 6.45) is 0. The smallest absolute Gasteiger partial charge is 0.344 e. The van der Waals surface area contributed by atoms with Crippen molar-refractivity contribution in [2.75, 3.05) is 7.11 Å². The van der Waals surface area contributed by atoms with E-state index in [1.165, 1.54) is 22.9 Å². The highest BCUT2D eigenvalue weighted by atomic mass is 19.1. The van der Waals surface area contributed by atoms with Crippen molar-refractivity contribution < 1.29 is 18.7 Å². The Morgan fingerprint density at radius 1 is 0.931 bits per heavy atom. The highest BCUT2D eigenvalue weighted by molar-refractivity contribution is 5.91. The van der Waals surface area contributed by atoms with E-state index in [4.69, 9.17) is 9.47 Å². The summed E-state index contributed by atoms with van der Waals surface area (Å²) in [4.78, 5) is 12.5.